The SMILES string of the molecule is CC(C)(C)ON=O.COc1cc(F)cc(C#N)c1Br.COc1cc(F)cc(C#N)c1N.[Br][Cu][Br]. The molecule has 0 aliphatic rings. The van der Waals surface area contributed by atoms with Gasteiger partial charge in [-0.15, -0.1) is 4.91 Å². The molecule has 2 aromatic carbocycles. The predicted octanol–water partition coefficient (Wildman–Crippen LogP) is 6.93. The quantitative estimate of drug-likeness (QED) is 0.157. The van der Waals surface area contributed by atoms with Crippen molar-refractivity contribution in [3.05, 3.63) is 56.4 Å². The van der Waals surface area contributed by atoms with E-state index in [0.717, 1.165) is 18.2 Å². The van der Waals surface area contributed by atoms with Crippen LogP contribution in [0.3, 0.4) is 0 Å². The molecule has 0 bridgehead atoms. The summed E-state index contributed by atoms with van der Waals surface area (Å²) < 4.78 is 35.5. The van der Waals surface area contributed by atoms with Gasteiger partial charge in [0.15, 0.2) is 5.34 Å². The zero-order chi connectivity index (χ0) is 26.9. The Morgan fingerprint density at radius 3 is 1.71 bits per heavy atom. The zero-order valence-corrected chi connectivity index (χ0v) is 24.3. The monoisotopic (exact) mass is 719 g/mol. The van der Waals surface area contributed by atoms with Crippen molar-refractivity contribution in [3.63, 3.8) is 0 Å². The molecule has 0 amide bonds. The standard InChI is InChI=1S/C8H5BrFNO.C8H7FN2O.C4H9NO2.2BrH.Cu/c1-12-7-3-6(10)2-5(4-11)8(7)9;1-12-7-3-6(9)2-5(4-10)8(7)11;1-4(2,3)7-5-6;;;/h2-3H,1H3;2-3H,11H2,1H3;1-3H3;2*1H;/q;;;;;+2/p-2. The van der Waals surface area contributed by atoms with E-state index in [9.17, 15) is 13.7 Å². The van der Waals surface area contributed by atoms with Gasteiger partial charge < -0.3 is 20.0 Å². The topological polar surface area (TPSA) is 131 Å². The van der Waals surface area contributed by atoms with Crippen LogP contribution in [0.15, 0.2) is 34.1 Å². The summed E-state index contributed by atoms with van der Waals surface area (Å²) in [4.78, 5) is 13.6. The second-order valence-corrected chi connectivity index (χ2v) is 12.1. The van der Waals surface area contributed by atoms with Gasteiger partial charge in [-0.1, -0.05) is 0 Å². The molecule has 0 radical (unpaired) electrons. The maximum absolute atomic E-state index is 12.7. The molecule has 0 fully saturated rings. The fraction of sp³-hybridized carbons (Fsp3) is 0.300. The number of hydrogen-bond acceptors (Lipinski definition) is 8. The summed E-state index contributed by atoms with van der Waals surface area (Å²) in [7, 11) is 2.78. The van der Waals surface area contributed by atoms with Crippen molar-refractivity contribution in [1.29, 1.82) is 10.5 Å². The number of halogens is 5. The molecule has 8 nitrogen and oxygen atoms in total. The number of nitrogens with zero attached hydrogens (tertiary/aromatic N) is 3. The summed E-state index contributed by atoms with van der Waals surface area (Å²) in [5.41, 5.74) is 5.52. The maximum atomic E-state index is 12.7. The number of nitrogen functional groups attached to an aromatic ring is 1. The Balaban J connectivity index is 0. The van der Waals surface area contributed by atoms with E-state index in [-0.39, 0.29) is 22.6 Å². The summed E-state index contributed by atoms with van der Waals surface area (Å²) in [5.74, 6) is -0.498. The number of nitrogens with two attached hydrogens (primary N) is 1. The summed E-state index contributed by atoms with van der Waals surface area (Å²) in [5, 5.41) is 19.3. The van der Waals surface area contributed by atoms with Gasteiger partial charge in [0.05, 0.1) is 35.5 Å². The summed E-state index contributed by atoms with van der Waals surface area (Å²) in [6.45, 7) is 5.28. The first-order chi connectivity index (χ1) is 15.8. The van der Waals surface area contributed by atoms with E-state index in [1.807, 2.05) is 6.07 Å². The first-order valence-corrected chi connectivity index (χ1v) is 14.1. The van der Waals surface area contributed by atoms with Crippen molar-refractivity contribution >= 4 is 49.8 Å². The van der Waals surface area contributed by atoms with Gasteiger partial charge in [0, 0.05) is 12.1 Å². The van der Waals surface area contributed by atoms with E-state index in [4.69, 9.17) is 25.7 Å². The third-order valence-corrected chi connectivity index (χ3v) is 3.92. The normalized spacial score (nSPS) is 9.29. The number of nitriles is 2. The van der Waals surface area contributed by atoms with Gasteiger partial charge in [-0.05, 0) is 48.8 Å². The molecule has 0 spiro atoms. The molecule has 34 heavy (non-hydrogen) atoms. The summed E-state index contributed by atoms with van der Waals surface area (Å²) in [6, 6.07) is 8.17. The van der Waals surface area contributed by atoms with Gasteiger partial charge in [0.25, 0.3) is 0 Å². The molecule has 2 N–H and O–H groups in total. The van der Waals surface area contributed by atoms with E-state index < -0.39 is 17.2 Å². The van der Waals surface area contributed by atoms with E-state index in [0.29, 0.717) is 10.2 Å². The van der Waals surface area contributed by atoms with Gasteiger partial charge in [0.2, 0.25) is 0 Å². The van der Waals surface area contributed by atoms with Crippen LogP contribution in [-0.2, 0) is 16.2 Å². The number of rotatable bonds is 3. The first kappa shape index (κ1) is 34.2. The van der Waals surface area contributed by atoms with Gasteiger partial charge in [-0.25, -0.2) is 8.78 Å². The molecular weight excluding hydrogens is 701 g/mol. The van der Waals surface area contributed by atoms with Crippen LogP contribution in [0.4, 0.5) is 14.5 Å². The van der Waals surface area contributed by atoms with Crippen LogP contribution in [0.2, 0.25) is 0 Å². The van der Waals surface area contributed by atoms with Crippen molar-refractivity contribution in [1.82, 2.24) is 0 Å². The third-order valence-electron chi connectivity index (χ3n) is 3.10. The Labute approximate surface area is 225 Å². The van der Waals surface area contributed by atoms with Crippen LogP contribution in [0.25, 0.3) is 0 Å². The molecule has 0 saturated carbocycles. The minimum absolute atomic E-state index is 0.0897. The van der Waals surface area contributed by atoms with Gasteiger partial charge in [-0.3, -0.25) is 0 Å². The minimum atomic E-state index is -0.530. The Bertz CT molecular complexity index is 944. The van der Waals surface area contributed by atoms with Gasteiger partial charge in [-0.2, -0.15) is 10.5 Å². The fourth-order valence-electron chi connectivity index (χ4n) is 1.76. The average molecular weight is 723 g/mol. The number of anilines is 1. The van der Waals surface area contributed by atoms with Crippen LogP contribution in [0, 0.1) is 39.2 Å². The summed E-state index contributed by atoms with van der Waals surface area (Å²) in [6.07, 6.45) is 0. The number of ether oxygens (including phenoxy) is 2. The number of methoxy groups -OCH3 is 2. The molecule has 2 rings (SSSR count). The summed E-state index contributed by atoms with van der Waals surface area (Å²) >= 11 is 10.5. The molecule has 0 atom stereocenters. The average Bonchev–Trinajstić information content (AvgIpc) is 2.77. The van der Waals surface area contributed by atoms with E-state index in [1.165, 1.54) is 31.6 Å². The van der Waals surface area contributed by atoms with E-state index >= 15 is 0 Å². The number of benzene rings is 2. The van der Waals surface area contributed by atoms with Crippen molar-refractivity contribution in [3.8, 4) is 23.6 Å². The Hall–Kier alpha value is -1.96. The van der Waals surface area contributed by atoms with E-state index in [2.05, 4.69) is 54.3 Å². The molecule has 191 valence electrons. The molecule has 2 aromatic rings. The van der Waals surface area contributed by atoms with Crippen LogP contribution >= 0.6 is 44.2 Å². The van der Waals surface area contributed by atoms with Crippen molar-refractivity contribution in [2.24, 2.45) is 5.34 Å². The van der Waals surface area contributed by atoms with Crippen molar-refractivity contribution in [2.45, 2.75) is 26.4 Å². The van der Waals surface area contributed by atoms with E-state index in [1.54, 1.807) is 26.8 Å². The van der Waals surface area contributed by atoms with Crippen LogP contribution in [0.1, 0.15) is 31.9 Å². The molecule has 0 heterocycles. The molecule has 14 heteroatoms. The molecule has 0 aliphatic heterocycles. The first-order valence-electron chi connectivity index (χ1n) is 8.63. The second-order valence-electron chi connectivity index (χ2n) is 6.58. The van der Waals surface area contributed by atoms with Crippen molar-refractivity contribution < 1.29 is 34.4 Å². The Kier molecular flexibility index (Phi) is 18.5. The van der Waals surface area contributed by atoms with Crippen LogP contribution in [-0.4, -0.2) is 19.8 Å². The second kappa shape index (κ2) is 18.4. The Morgan fingerprint density at radius 2 is 1.38 bits per heavy atom. The van der Waals surface area contributed by atoms with Crippen molar-refractivity contribution in [2.75, 3.05) is 20.0 Å². The fourth-order valence-corrected chi connectivity index (χ4v) is 2.24. The molecule has 0 aromatic heterocycles. The van der Waals surface area contributed by atoms with Crippen LogP contribution in [0.5, 0.6) is 11.5 Å². The zero-order valence-electron chi connectivity index (χ0n) is 18.6. The van der Waals surface area contributed by atoms with Crippen LogP contribution < -0.4 is 15.2 Å². The molecule has 0 saturated heterocycles. The molecule has 0 unspecified atom stereocenters. The van der Waals surface area contributed by atoms with Gasteiger partial charge in [0.1, 0.15) is 40.9 Å². The third kappa shape index (κ3) is 14.3. The molecular formula is C20H21Br3CuF2N4O4. The van der Waals surface area contributed by atoms with Gasteiger partial charge >= 0.3 is 39.6 Å². The predicted molar refractivity (Wildman–Crippen MR) is 132 cm³/mol. The Morgan fingerprint density at radius 1 is 0.971 bits per heavy atom. The number of hydrogen-bond donors (Lipinski definition) is 1. The molecule has 0 aliphatic carbocycles.